The fraction of sp³-hybridized carbons (Fsp3) is 0.0769. The molecule has 0 aliphatic rings. The molecule has 0 amide bonds. The lowest BCUT2D eigenvalue weighted by Crippen LogP contribution is -2.12. The van der Waals surface area contributed by atoms with Crippen LogP contribution < -0.4 is 11.3 Å². The number of hydrogen-bond acceptors (Lipinski definition) is 4. The Labute approximate surface area is 102 Å². The van der Waals surface area contributed by atoms with Gasteiger partial charge in [-0.05, 0) is 22.4 Å². The van der Waals surface area contributed by atoms with E-state index >= 15 is 0 Å². The molecule has 4 N–H and O–H groups in total. The van der Waals surface area contributed by atoms with E-state index in [4.69, 9.17) is 5.73 Å². The number of benzene rings is 2. The molecule has 0 saturated heterocycles. The van der Waals surface area contributed by atoms with Gasteiger partial charge in [0.25, 0.3) is 5.56 Å². The average Bonchev–Trinajstić information content (AvgIpc) is 2.36. The zero-order chi connectivity index (χ0) is 12.7. The second-order valence-electron chi connectivity index (χ2n) is 4.08. The molecule has 5 nitrogen and oxygen atoms in total. The summed E-state index contributed by atoms with van der Waals surface area (Å²) in [5.41, 5.74) is 6.50. The number of nitrogens with two attached hydrogens (primary N) is 1. The van der Waals surface area contributed by atoms with Crippen LogP contribution in [0.15, 0.2) is 35.1 Å². The Morgan fingerprint density at radius 1 is 1.28 bits per heavy atom. The SMILES string of the molecule is Nc1nc2cc(CO)c3ccccc3c2c(=O)[nH]1. The number of nitrogen functional groups attached to an aromatic ring is 1. The van der Waals surface area contributed by atoms with Crippen LogP contribution in [0.25, 0.3) is 21.7 Å². The first kappa shape index (κ1) is 10.7. The summed E-state index contributed by atoms with van der Waals surface area (Å²) in [6, 6.07) is 9.12. The molecule has 2 aromatic carbocycles. The van der Waals surface area contributed by atoms with Gasteiger partial charge < -0.3 is 10.8 Å². The summed E-state index contributed by atoms with van der Waals surface area (Å²) in [7, 11) is 0. The Bertz CT molecular complexity index is 808. The van der Waals surface area contributed by atoms with Gasteiger partial charge in [-0.1, -0.05) is 24.3 Å². The van der Waals surface area contributed by atoms with E-state index < -0.39 is 0 Å². The van der Waals surface area contributed by atoms with E-state index in [1.165, 1.54) is 0 Å². The lowest BCUT2D eigenvalue weighted by atomic mass is 10.0. The lowest BCUT2D eigenvalue weighted by Gasteiger charge is -2.07. The molecule has 5 heteroatoms. The largest absolute Gasteiger partial charge is 0.392 e. The number of aliphatic hydroxyl groups is 1. The maximum Gasteiger partial charge on any atom is 0.260 e. The minimum Gasteiger partial charge on any atom is -0.392 e. The zero-order valence-electron chi connectivity index (χ0n) is 9.47. The Hall–Kier alpha value is -2.40. The molecule has 18 heavy (non-hydrogen) atoms. The summed E-state index contributed by atoms with van der Waals surface area (Å²) >= 11 is 0. The number of fused-ring (bicyclic) bond motifs is 3. The van der Waals surface area contributed by atoms with Crippen molar-refractivity contribution in [2.45, 2.75) is 6.61 Å². The van der Waals surface area contributed by atoms with Crippen LogP contribution in [0.2, 0.25) is 0 Å². The maximum absolute atomic E-state index is 12.0. The van der Waals surface area contributed by atoms with Crippen LogP contribution in [0.3, 0.4) is 0 Å². The summed E-state index contributed by atoms with van der Waals surface area (Å²) in [4.78, 5) is 18.6. The molecule has 1 heterocycles. The first-order chi connectivity index (χ1) is 8.70. The van der Waals surface area contributed by atoms with Gasteiger partial charge in [-0.15, -0.1) is 0 Å². The number of anilines is 1. The molecule has 0 aliphatic heterocycles. The molecule has 0 aliphatic carbocycles. The van der Waals surface area contributed by atoms with Gasteiger partial charge in [0.1, 0.15) is 0 Å². The highest BCUT2D eigenvalue weighted by Gasteiger charge is 2.10. The van der Waals surface area contributed by atoms with Crippen molar-refractivity contribution in [3.05, 3.63) is 46.2 Å². The van der Waals surface area contributed by atoms with Crippen LogP contribution in [0.4, 0.5) is 5.95 Å². The van der Waals surface area contributed by atoms with Crippen molar-refractivity contribution in [3.63, 3.8) is 0 Å². The highest BCUT2D eigenvalue weighted by Crippen LogP contribution is 2.25. The lowest BCUT2D eigenvalue weighted by molar-refractivity contribution is 0.283. The topological polar surface area (TPSA) is 92.0 Å². The second-order valence-corrected chi connectivity index (χ2v) is 4.08. The Balaban J connectivity index is 2.64. The Kier molecular flexibility index (Phi) is 2.28. The van der Waals surface area contributed by atoms with Crippen molar-refractivity contribution in [2.75, 3.05) is 5.73 Å². The molecule has 1 aromatic heterocycles. The monoisotopic (exact) mass is 241 g/mol. The average molecular weight is 241 g/mol. The number of nitrogens with zero attached hydrogens (tertiary/aromatic N) is 1. The van der Waals surface area contributed by atoms with Crippen LogP contribution >= 0.6 is 0 Å². The van der Waals surface area contributed by atoms with Crippen LogP contribution in [0, 0.1) is 0 Å². The number of H-pyrrole nitrogens is 1. The predicted octanol–water partition coefficient (Wildman–Crippen LogP) is 1.15. The van der Waals surface area contributed by atoms with Crippen molar-refractivity contribution in [2.24, 2.45) is 0 Å². The van der Waals surface area contributed by atoms with E-state index in [1.807, 2.05) is 24.3 Å². The quantitative estimate of drug-likeness (QED) is 0.557. The smallest absolute Gasteiger partial charge is 0.260 e. The maximum atomic E-state index is 12.0. The van der Waals surface area contributed by atoms with Crippen molar-refractivity contribution < 1.29 is 5.11 Å². The van der Waals surface area contributed by atoms with Crippen molar-refractivity contribution >= 4 is 27.6 Å². The molecule has 0 spiro atoms. The van der Waals surface area contributed by atoms with Gasteiger partial charge in [0, 0.05) is 0 Å². The number of nitrogens with one attached hydrogen (secondary N) is 1. The number of aromatic nitrogens is 2. The molecule has 0 radical (unpaired) electrons. The van der Waals surface area contributed by atoms with Crippen LogP contribution in [-0.4, -0.2) is 15.1 Å². The summed E-state index contributed by atoms with van der Waals surface area (Å²) < 4.78 is 0. The molecule has 3 aromatic rings. The van der Waals surface area contributed by atoms with Crippen molar-refractivity contribution in [1.82, 2.24) is 9.97 Å². The Morgan fingerprint density at radius 2 is 2.00 bits per heavy atom. The van der Waals surface area contributed by atoms with Gasteiger partial charge in [0.2, 0.25) is 5.95 Å². The molecule has 3 rings (SSSR count). The third-order valence-electron chi connectivity index (χ3n) is 2.99. The fourth-order valence-corrected chi connectivity index (χ4v) is 2.23. The van der Waals surface area contributed by atoms with Gasteiger partial charge in [-0.2, -0.15) is 0 Å². The molecule has 90 valence electrons. The normalized spacial score (nSPS) is 11.2. The second kappa shape index (κ2) is 3.82. The number of aliphatic hydroxyl groups excluding tert-OH is 1. The molecule has 0 unspecified atom stereocenters. The van der Waals surface area contributed by atoms with Gasteiger partial charge >= 0.3 is 0 Å². The summed E-state index contributed by atoms with van der Waals surface area (Å²) in [6.07, 6.45) is 0. The van der Waals surface area contributed by atoms with E-state index in [0.717, 1.165) is 16.3 Å². The molecular formula is C13H11N3O2. The highest BCUT2D eigenvalue weighted by molar-refractivity contribution is 6.07. The van der Waals surface area contributed by atoms with Gasteiger partial charge in [0.15, 0.2) is 0 Å². The highest BCUT2D eigenvalue weighted by atomic mass is 16.3. The van der Waals surface area contributed by atoms with Gasteiger partial charge in [-0.3, -0.25) is 9.78 Å². The van der Waals surface area contributed by atoms with Crippen molar-refractivity contribution in [3.8, 4) is 0 Å². The standard InChI is InChI=1S/C13H11N3O2/c14-13-15-10-5-7(6-17)8-3-1-2-4-9(8)11(10)12(18)16-13/h1-5,17H,6H2,(H3,14,15,16,18). The van der Waals surface area contributed by atoms with E-state index in [-0.39, 0.29) is 18.1 Å². The fourth-order valence-electron chi connectivity index (χ4n) is 2.23. The minimum atomic E-state index is -0.266. The third kappa shape index (κ3) is 1.45. The minimum absolute atomic E-state index is 0.0756. The van der Waals surface area contributed by atoms with Crippen molar-refractivity contribution in [1.29, 1.82) is 0 Å². The molecule has 0 saturated carbocycles. The molecule has 0 fully saturated rings. The number of aromatic amines is 1. The van der Waals surface area contributed by atoms with Crippen LogP contribution in [0.1, 0.15) is 5.56 Å². The van der Waals surface area contributed by atoms with E-state index in [9.17, 15) is 9.90 Å². The summed E-state index contributed by atoms with van der Waals surface area (Å²) in [6.45, 7) is -0.106. The van der Waals surface area contributed by atoms with E-state index in [2.05, 4.69) is 9.97 Å². The van der Waals surface area contributed by atoms with Crippen LogP contribution in [0.5, 0.6) is 0 Å². The molecule has 0 bridgehead atoms. The Morgan fingerprint density at radius 3 is 2.72 bits per heavy atom. The zero-order valence-corrected chi connectivity index (χ0v) is 9.47. The number of rotatable bonds is 1. The summed E-state index contributed by atoms with van der Waals surface area (Å²) in [5, 5.41) is 11.5. The van der Waals surface area contributed by atoms with E-state index in [1.54, 1.807) is 6.07 Å². The third-order valence-corrected chi connectivity index (χ3v) is 2.99. The predicted molar refractivity (Wildman–Crippen MR) is 70.2 cm³/mol. The molecule has 0 atom stereocenters. The molecular weight excluding hydrogens is 230 g/mol. The van der Waals surface area contributed by atoms with Gasteiger partial charge in [-0.25, -0.2) is 4.98 Å². The van der Waals surface area contributed by atoms with Crippen LogP contribution in [-0.2, 0) is 6.61 Å². The summed E-state index contributed by atoms with van der Waals surface area (Å²) in [5.74, 6) is 0.0756. The first-order valence-corrected chi connectivity index (χ1v) is 5.51. The number of hydrogen-bond donors (Lipinski definition) is 3. The van der Waals surface area contributed by atoms with Gasteiger partial charge in [0.05, 0.1) is 17.5 Å². The first-order valence-electron chi connectivity index (χ1n) is 5.51. The van der Waals surface area contributed by atoms with E-state index in [0.29, 0.717) is 10.9 Å².